The predicted octanol–water partition coefficient (Wildman–Crippen LogP) is 3.59. The third-order valence-corrected chi connectivity index (χ3v) is 4.23. The molecule has 28 heavy (non-hydrogen) atoms. The van der Waals surface area contributed by atoms with Crippen molar-refractivity contribution in [3.63, 3.8) is 0 Å². The van der Waals surface area contributed by atoms with Crippen molar-refractivity contribution in [2.24, 2.45) is 5.41 Å². The molecule has 2 rings (SSSR count). The molecule has 0 atom stereocenters. The maximum absolute atomic E-state index is 12.5. The Morgan fingerprint density at radius 3 is 1.71 bits per heavy atom. The molecule has 4 heteroatoms. The highest BCUT2D eigenvalue weighted by Crippen LogP contribution is 2.31. The zero-order valence-corrected chi connectivity index (χ0v) is 16.0. The fourth-order valence-corrected chi connectivity index (χ4v) is 2.69. The van der Waals surface area contributed by atoms with Crippen LogP contribution in [-0.4, -0.2) is 26.2 Å². The average Bonchev–Trinajstić information content (AvgIpc) is 2.75. The van der Waals surface area contributed by atoms with Gasteiger partial charge in [0.1, 0.15) is 0 Å². The minimum Gasteiger partial charge on any atom is -0.468 e. The van der Waals surface area contributed by atoms with Gasteiger partial charge in [-0.1, -0.05) is 60.1 Å². The minimum absolute atomic E-state index is 0.00570. The van der Waals surface area contributed by atoms with Gasteiger partial charge in [-0.3, -0.25) is 9.59 Å². The number of methoxy groups -OCH3 is 2. The highest BCUT2D eigenvalue weighted by atomic mass is 16.5. The van der Waals surface area contributed by atoms with Crippen LogP contribution in [-0.2, 0) is 19.1 Å². The van der Waals surface area contributed by atoms with E-state index >= 15 is 0 Å². The van der Waals surface area contributed by atoms with E-state index in [1.165, 1.54) is 14.2 Å². The summed E-state index contributed by atoms with van der Waals surface area (Å²) >= 11 is 0. The van der Waals surface area contributed by atoms with Crippen molar-refractivity contribution in [1.82, 2.24) is 0 Å². The fourth-order valence-electron chi connectivity index (χ4n) is 2.69. The van der Waals surface area contributed by atoms with Crippen LogP contribution in [0.4, 0.5) is 0 Å². The third-order valence-electron chi connectivity index (χ3n) is 4.23. The smallest absolute Gasteiger partial charge is 0.324 e. The van der Waals surface area contributed by atoms with Gasteiger partial charge in [-0.25, -0.2) is 0 Å². The molecule has 0 saturated carbocycles. The second-order valence-electron chi connectivity index (χ2n) is 6.08. The Balaban J connectivity index is 2.22. The lowest BCUT2D eigenvalue weighted by atomic mass is 9.80. The molecule has 142 valence electrons. The standard InChI is InChI=1S/C24H22O4/c1-27-22(25)24(23(26)28-2,19-11-17-21-14-7-4-8-15-21)18-10-9-16-20-12-5-3-6-13-20/h3-8,12-15H,10,18-19H2,1-2H3. The van der Waals surface area contributed by atoms with Crippen LogP contribution in [0.3, 0.4) is 0 Å². The Hall–Kier alpha value is -3.50. The maximum atomic E-state index is 12.5. The molecule has 0 unspecified atom stereocenters. The zero-order chi connectivity index (χ0) is 20.2. The molecular weight excluding hydrogens is 352 g/mol. The van der Waals surface area contributed by atoms with Crippen LogP contribution < -0.4 is 0 Å². The second-order valence-corrected chi connectivity index (χ2v) is 6.08. The molecule has 0 radical (unpaired) electrons. The van der Waals surface area contributed by atoms with Gasteiger partial charge in [0.25, 0.3) is 0 Å². The van der Waals surface area contributed by atoms with E-state index < -0.39 is 17.4 Å². The molecule has 0 bridgehead atoms. The van der Waals surface area contributed by atoms with Crippen molar-refractivity contribution in [2.45, 2.75) is 19.3 Å². The molecule has 0 aliphatic rings. The van der Waals surface area contributed by atoms with Gasteiger partial charge in [0.2, 0.25) is 0 Å². The summed E-state index contributed by atoms with van der Waals surface area (Å²) in [6, 6.07) is 18.9. The Morgan fingerprint density at radius 1 is 0.786 bits per heavy atom. The minimum atomic E-state index is -1.50. The van der Waals surface area contributed by atoms with Crippen molar-refractivity contribution in [1.29, 1.82) is 0 Å². The zero-order valence-electron chi connectivity index (χ0n) is 16.0. The molecule has 4 nitrogen and oxygen atoms in total. The molecule has 0 aliphatic carbocycles. The first-order valence-electron chi connectivity index (χ1n) is 8.87. The number of ether oxygens (including phenoxy) is 2. The third kappa shape index (κ3) is 5.50. The number of esters is 2. The summed E-state index contributed by atoms with van der Waals surface area (Å²) in [5.74, 6) is 10.6. The molecule has 2 aromatic carbocycles. The molecule has 0 amide bonds. The van der Waals surface area contributed by atoms with E-state index in [1.807, 2.05) is 60.7 Å². The van der Waals surface area contributed by atoms with Gasteiger partial charge in [-0.05, 0) is 30.7 Å². The van der Waals surface area contributed by atoms with Crippen LogP contribution in [0, 0.1) is 29.1 Å². The van der Waals surface area contributed by atoms with Crippen molar-refractivity contribution in [2.75, 3.05) is 14.2 Å². The number of hydrogen-bond donors (Lipinski definition) is 0. The number of rotatable bonds is 5. The summed E-state index contributed by atoms with van der Waals surface area (Å²) in [6.45, 7) is 0. The van der Waals surface area contributed by atoms with Gasteiger partial charge in [0.05, 0.1) is 14.2 Å². The van der Waals surface area contributed by atoms with Crippen LogP contribution in [0.25, 0.3) is 0 Å². The quantitative estimate of drug-likeness (QED) is 0.456. The Bertz CT molecular complexity index is 893. The largest absolute Gasteiger partial charge is 0.468 e. The first kappa shape index (κ1) is 20.8. The molecule has 0 heterocycles. The topological polar surface area (TPSA) is 52.6 Å². The summed E-state index contributed by atoms with van der Waals surface area (Å²) in [6.07, 6.45) is 0.482. The normalized spacial score (nSPS) is 9.93. The van der Waals surface area contributed by atoms with Crippen LogP contribution >= 0.6 is 0 Å². The number of carbonyl (C=O) groups excluding carboxylic acids is 2. The molecular formula is C24H22O4. The maximum Gasteiger partial charge on any atom is 0.324 e. The molecule has 0 spiro atoms. The summed E-state index contributed by atoms with van der Waals surface area (Å²) in [7, 11) is 2.50. The van der Waals surface area contributed by atoms with E-state index in [0.717, 1.165) is 11.1 Å². The van der Waals surface area contributed by atoms with Crippen LogP contribution in [0.15, 0.2) is 60.7 Å². The van der Waals surface area contributed by atoms with E-state index in [4.69, 9.17) is 9.47 Å². The van der Waals surface area contributed by atoms with Crippen molar-refractivity contribution >= 4 is 11.9 Å². The molecule has 0 N–H and O–H groups in total. The highest BCUT2D eigenvalue weighted by molar-refractivity contribution is 6.00. The van der Waals surface area contributed by atoms with Crippen molar-refractivity contribution in [3.05, 3.63) is 71.8 Å². The first-order valence-corrected chi connectivity index (χ1v) is 8.87. The Labute approximate surface area is 165 Å². The van der Waals surface area contributed by atoms with Crippen LogP contribution in [0.1, 0.15) is 30.4 Å². The highest BCUT2D eigenvalue weighted by Gasteiger charge is 2.47. The molecule has 2 aromatic rings. The summed E-state index contributed by atoms with van der Waals surface area (Å²) in [5.41, 5.74) is 0.166. The summed E-state index contributed by atoms with van der Waals surface area (Å²) < 4.78 is 9.80. The number of hydrogen-bond acceptors (Lipinski definition) is 4. The average molecular weight is 374 g/mol. The SMILES string of the molecule is COC(=O)C(CC#Cc1ccccc1)(CCC#Cc1ccccc1)C(=O)OC. The van der Waals surface area contributed by atoms with Gasteiger partial charge in [-0.2, -0.15) is 0 Å². The van der Waals surface area contributed by atoms with Crippen LogP contribution in [0.5, 0.6) is 0 Å². The van der Waals surface area contributed by atoms with E-state index in [-0.39, 0.29) is 12.8 Å². The Morgan fingerprint density at radius 2 is 1.25 bits per heavy atom. The van der Waals surface area contributed by atoms with Crippen molar-refractivity contribution in [3.8, 4) is 23.7 Å². The van der Waals surface area contributed by atoms with Gasteiger partial charge >= 0.3 is 11.9 Å². The molecule has 0 aromatic heterocycles. The van der Waals surface area contributed by atoms with Gasteiger partial charge in [0.15, 0.2) is 5.41 Å². The molecule has 0 saturated heterocycles. The molecule has 0 fully saturated rings. The predicted molar refractivity (Wildman–Crippen MR) is 107 cm³/mol. The second kappa shape index (κ2) is 10.6. The molecule has 0 aliphatic heterocycles. The van der Waals surface area contributed by atoms with Gasteiger partial charge < -0.3 is 9.47 Å². The Kier molecular flexibility index (Phi) is 7.88. The van der Waals surface area contributed by atoms with Crippen LogP contribution in [0.2, 0.25) is 0 Å². The lowest BCUT2D eigenvalue weighted by molar-refractivity contribution is -0.169. The van der Waals surface area contributed by atoms with E-state index in [1.54, 1.807) is 0 Å². The van der Waals surface area contributed by atoms with E-state index in [2.05, 4.69) is 23.7 Å². The van der Waals surface area contributed by atoms with Gasteiger partial charge in [-0.15, -0.1) is 0 Å². The number of benzene rings is 2. The monoisotopic (exact) mass is 374 g/mol. The summed E-state index contributed by atoms with van der Waals surface area (Å²) in [4.78, 5) is 25.0. The van der Waals surface area contributed by atoms with E-state index in [9.17, 15) is 9.59 Å². The fraction of sp³-hybridized carbons (Fsp3) is 0.250. The van der Waals surface area contributed by atoms with Gasteiger partial charge in [0, 0.05) is 24.0 Å². The van der Waals surface area contributed by atoms with Crippen molar-refractivity contribution < 1.29 is 19.1 Å². The number of carbonyl (C=O) groups is 2. The summed E-state index contributed by atoms with van der Waals surface area (Å²) in [5, 5.41) is 0. The first-order chi connectivity index (χ1) is 13.6. The lowest BCUT2D eigenvalue weighted by Crippen LogP contribution is -2.41. The lowest BCUT2D eigenvalue weighted by Gasteiger charge is -2.25. The van der Waals surface area contributed by atoms with E-state index in [0.29, 0.717) is 6.42 Å².